The maximum atomic E-state index is 13.2. The van der Waals surface area contributed by atoms with Crippen LogP contribution < -0.4 is 5.32 Å². The number of sulfonamides is 1. The number of aryl methyl sites for hydroxylation is 2. The van der Waals surface area contributed by atoms with Crippen molar-refractivity contribution in [3.8, 4) is 0 Å². The average Bonchev–Trinajstić information content (AvgIpc) is 3.05. The first-order valence-corrected chi connectivity index (χ1v) is 11.4. The molecule has 10 heteroatoms. The van der Waals surface area contributed by atoms with Crippen LogP contribution in [0.15, 0.2) is 9.42 Å². The summed E-state index contributed by atoms with van der Waals surface area (Å²) in [6, 6.07) is 0. The molecule has 1 saturated heterocycles. The van der Waals surface area contributed by atoms with E-state index in [4.69, 9.17) is 14.5 Å². The Kier molecular flexibility index (Phi) is 5.34. The molecule has 1 N–H and O–H groups in total. The van der Waals surface area contributed by atoms with Crippen molar-refractivity contribution in [3.05, 3.63) is 28.5 Å². The Labute approximate surface area is 171 Å². The Hall–Kier alpha value is -2.04. The number of hydrogen-bond donors (Lipinski definition) is 1. The third-order valence-electron chi connectivity index (χ3n) is 5.83. The molecule has 0 bridgehead atoms. The molecular formula is C19H28N6O3S. The van der Waals surface area contributed by atoms with Crippen molar-refractivity contribution in [2.45, 2.75) is 50.5 Å². The van der Waals surface area contributed by atoms with Crippen LogP contribution in [0.5, 0.6) is 0 Å². The fourth-order valence-corrected chi connectivity index (χ4v) is 6.13. The molecule has 4 heterocycles. The lowest BCUT2D eigenvalue weighted by atomic mass is 9.97. The van der Waals surface area contributed by atoms with E-state index in [1.165, 1.54) is 9.87 Å². The quantitative estimate of drug-likeness (QED) is 0.797. The van der Waals surface area contributed by atoms with E-state index in [0.717, 1.165) is 49.7 Å². The highest BCUT2D eigenvalue weighted by molar-refractivity contribution is 7.89. The van der Waals surface area contributed by atoms with E-state index in [1.807, 2.05) is 7.05 Å². The van der Waals surface area contributed by atoms with Crippen molar-refractivity contribution >= 4 is 15.8 Å². The van der Waals surface area contributed by atoms with Crippen LogP contribution in [-0.4, -0.2) is 66.5 Å². The zero-order valence-corrected chi connectivity index (χ0v) is 18.2. The predicted octanol–water partition coefficient (Wildman–Crippen LogP) is 1.68. The van der Waals surface area contributed by atoms with Crippen molar-refractivity contribution in [2.75, 3.05) is 39.0 Å². The number of fused-ring (bicyclic) bond motifs is 1. The van der Waals surface area contributed by atoms with Gasteiger partial charge in [0.15, 0.2) is 5.76 Å². The van der Waals surface area contributed by atoms with Gasteiger partial charge in [0.2, 0.25) is 10.0 Å². The summed E-state index contributed by atoms with van der Waals surface area (Å²) in [5, 5.41) is 7.02. The van der Waals surface area contributed by atoms with Gasteiger partial charge in [-0.05, 0) is 40.2 Å². The molecule has 9 nitrogen and oxygen atoms in total. The summed E-state index contributed by atoms with van der Waals surface area (Å²) in [6.07, 6.45) is 2.55. The van der Waals surface area contributed by atoms with Gasteiger partial charge in [0, 0.05) is 44.7 Å². The Morgan fingerprint density at radius 1 is 1.21 bits per heavy atom. The SMILES string of the molecule is CNc1nc([C@@H]2CCCN(S(=O)(=O)c3c(C)noc3C)C2)nc2c1CCN(C)C2. The van der Waals surface area contributed by atoms with Gasteiger partial charge in [-0.2, -0.15) is 4.31 Å². The van der Waals surface area contributed by atoms with Crippen LogP contribution in [0.3, 0.4) is 0 Å². The summed E-state index contributed by atoms with van der Waals surface area (Å²) in [5.74, 6) is 1.88. The molecule has 29 heavy (non-hydrogen) atoms. The number of nitrogens with one attached hydrogen (secondary N) is 1. The molecule has 2 aliphatic rings. The molecule has 0 aromatic carbocycles. The fourth-order valence-electron chi connectivity index (χ4n) is 4.31. The number of hydrogen-bond acceptors (Lipinski definition) is 8. The van der Waals surface area contributed by atoms with Crippen LogP contribution in [0, 0.1) is 13.8 Å². The number of aromatic nitrogens is 3. The second-order valence-electron chi connectivity index (χ2n) is 7.95. The molecule has 0 unspecified atom stereocenters. The molecule has 0 aliphatic carbocycles. The van der Waals surface area contributed by atoms with E-state index in [2.05, 4.69) is 22.4 Å². The molecule has 2 aromatic heterocycles. The van der Waals surface area contributed by atoms with Crippen molar-refractivity contribution in [3.63, 3.8) is 0 Å². The fraction of sp³-hybridized carbons (Fsp3) is 0.632. The minimum atomic E-state index is -3.67. The lowest BCUT2D eigenvalue weighted by Crippen LogP contribution is -2.40. The largest absolute Gasteiger partial charge is 0.373 e. The van der Waals surface area contributed by atoms with Crippen LogP contribution in [0.25, 0.3) is 0 Å². The lowest BCUT2D eigenvalue weighted by molar-refractivity contribution is 0.296. The number of anilines is 1. The van der Waals surface area contributed by atoms with Crippen molar-refractivity contribution in [2.24, 2.45) is 0 Å². The summed E-state index contributed by atoms with van der Waals surface area (Å²) >= 11 is 0. The molecule has 1 fully saturated rings. The van der Waals surface area contributed by atoms with Crippen LogP contribution in [-0.2, 0) is 23.0 Å². The third kappa shape index (κ3) is 3.64. The molecule has 158 valence electrons. The molecule has 0 spiro atoms. The zero-order chi connectivity index (χ0) is 20.8. The summed E-state index contributed by atoms with van der Waals surface area (Å²) in [6.45, 7) is 5.91. The van der Waals surface area contributed by atoms with Crippen molar-refractivity contribution in [1.29, 1.82) is 0 Å². The molecule has 0 amide bonds. The van der Waals surface area contributed by atoms with Crippen LogP contribution in [0.4, 0.5) is 5.82 Å². The second-order valence-corrected chi connectivity index (χ2v) is 9.82. The monoisotopic (exact) mass is 420 g/mol. The van der Waals surface area contributed by atoms with Crippen molar-refractivity contribution < 1.29 is 12.9 Å². The summed E-state index contributed by atoms with van der Waals surface area (Å²) in [7, 11) is 0.295. The molecule has 2 aliphatic heterocycles. The molecule has 1 atom stereocenters. The second kappa shape index (κ2) is 7.66. The van der Waals surface area contributed by atoms with Crippen LogP contribution >= 0.6 is 0 Å². The summed E-state index contributed by atoms with van der Waals surface area (Å²) < 4.78 is 33.1. The Balaban J connectivity index is 1.65. The van der Waals surface area contributed by atoms with E-state index in [1.54, 1.807) is 13.8 Å². The number of likely N-dealkylation sites (N-methyl/N-ethyl adjacent to an activating group) is 1. The molecule has 4 rings (SSSR count). The van der Waals surface area contributed by atoms with Crippen LogP contribution in [0.1, 0.15) is 47.3 Å². The van der Waals surface area contributed by atoms with Gasteiger partial charge in [-0.3, -0.25) is 0 Å². The average molecular weight is 421 g/mol. The van der Waals surface area contributed by atoms with E-state index in [9.17, 15) is 8.42 Å². The first kappa shape index (κ1) is 20.2. The minimum absolute atomic E-state index is 0.0383. The van der Waals surface area contributed by atoms with E-state index < -0.39 is 10.0 Å². The van der Waals surface area contributed by atoms with E-state index >= 15 is 0 Å². The number of rotatable bonds is 4. The van der Waals surface area contributed by atoms with Gasteiger partial charge in [0.25, 0.3) is 0 Å². The van der Waals surface area contributed by atoms with Gasteiger partial charge >= 0.3 is 0 Å². The van der Waals surface area contributed by atoms with Gasteiger partial charge in [-0.1, -0.05) is 5.16 Å². The van der Waals surface area contributed by atoms with Crippen LogP contribution in [0.2, 0.25) is 0 Å². The highest BCUT2D eigenvalue weighted by Gasteiger charge is 2.36. The van der Waals surface area contributed by atoms with Crippen molar-refractivity contribution in [1.82, 2.24) is 24.3 Å². The third-order valence-corrected chi connectivity index (χ3v) is 7.94. The first-order valence-electron chi connectivity index (χ1n) is 10.00. The Morgan fingerprint density at radius 2 is 2.00 bits per heavy atom. The first-order chi connectivity index (χ1) is 13.8. The van der Waals surface area contributed by atoms with E-state index in [0.29, 0.717) is 24.5 Å². The smallest absolute Gasteiger partial charge is 0.248 e. The van der Waals surface area contributed by atoms with Gasteiger partial charge in [0.05, 0.1) is 5.69 Å². The minimum Gasteiger partial charge on any atom is -0.373 e. The topological polar surface area (TPSA) is 104 Å². The Morgan fingerprint density at radius 3 is 2.69 bits per heavy atom. The lowest BCUT2D eigenvalue weighted by Gasteiger charge is -2.32. The highest BCUT2D eigenvalue weighted by Crippen LogP contribution is 2.33. The normalized spacial score (nSPS) is 21.2. The molecule has 2 aromatic rings. The number of piperidine rings is 1. The maximum Gasteiger partial charge on any atom is 0.248 e. The van der Waals surface area contributed by atoms with Gasteiger partial charge < -0.3 is 14.7 Å². The molecule has 0 saturated carbocycles. The molecule has 0 radical (unpaired) electrons. The number of nitrogens with zero attached hydrogens (tertiary/aromatic N) is 5. The maximum absolute atomic E-state index is 13.2. The van der Waals surface area contributed by atoms with Gasteiger partial charge in [-0.15, -0.1) is 0 Å². The standard InChI is InChI=1S/C19H28N6O3S/c1-12-17(13(2)28-23-12)29(26,27)25-8-5-6-14(10-25)18-21-16-11-24(4)9-7-15(16)19(20-3)22-18/h14H,5-11H2,1-4H3,(H,20,21,22)/t14-/m1/s1. The van der Waals surface area contributed by atoms with E-state index in [-0.39, 0.29) is 10.8 Å². The highest BCUT2D eigenvalue weighted by atomic mass is 32.2. The van der Waals surface area contributed by atoms with Gasteiger partial charge in [-0.25, -0.2) is 18.4 Å². The summed E-state index contributed by atoms with van der Waals surface area (Å²) in [5.41, 5.74) is 2.61. The van der Waals surface area contributed by atoms with Gasteiger partial charge in [0.1, 0.15) is 22.2 Å². The predicted molar refractivity (Wildman–Crippen MR) is 108 cm³/mol. The zero-order valence-electron chi connectivity index (χ0n) is 17.4. The molecular weight excluding hydrogens is 392 g/mol. The Bertz CT molecular complexity index is 1000. The summed E-state index contributed by atoms with van der Waals surface area (Å²) in [4.78, 5) is 12.1.